The minimum atomic E-state index is -0.295. The number of hydrogen-bond donors (Lipinski definition) is 1. The number of benzene rings is 2. The Kier molecular flexibility index (Phi) is 7.75. The van der Waals surface area contributed by atoms with Gasteiger partial charge >= 0.3 is 0 Å². The number of rotatable bonds is 9. The lowest BCUT2D eigenvalue weighted by molar-refractivity contribution is -0.118. The lowest BCUT2D eigenvalue weighted by Crippen LogP contribution is -2.21. The van der Waals surface area contributed by atoms with Gasteiger partial charge in [0.1, 0.15) is 12.4 Å². The highest BCUT2D eigenvalue weighted by atomic mass is 35.5. The van der Waals surface area contributed by atoms with Crippen LogP contribution in [0.3, 0.4) is 0 Å². The summed E-state index contributed by atoms with van der Waals surface area (Å²) in [6, 6.07) is 12.9. The van der Waals surface area contributed by atoms with E-state index in [1.807, 2.05) is 24.3 Å². The number of ether oxygens (including phenoxy) is 3. The van der Waals surface area contributed by atoms with Crippen LogP contribution in [-0.4, -0.2) is 32.8 Å². The minimum Gasteiger partial charge on any atom is -0.487 e. The molecule has 0 aliphatic carbocycles. The fourth-order valence-electron chi connectivity index (χ4n) is 2.27. The average molecular weight is 378 g/mol. The monoisotopic (exact) mass is 377 g/mol. The van der Waals surface area contributed by atoms with E-state index < -0.39 is 0 Å². The molecule has 0 aliphatic heterocycles. The lowest BCUT2D eigenvalue weighted by atomic mass is 10.0. The Bertz CT molecular complexity index is 716. The third-order valence-corrected chi connectivity index (χ3v) is 3.99. The summed E-state index contributed by atoms with van der Waals surface area (Å²) in [6.45, 7) is 4.90. The van der Waals surface area contributed by atoms with Crippen LogP contribution < -0.4 is 14.8 Å². The predicted molar refractivity (Wildman–Crippen MR) is 103 cm³/mol. The molecule has 0 aromatic heterocycles. The van der Waals surface area contributed by atoms with Gasteiger partial charge in [-0.25, -0.2) is 0 Å². The predicted octanol–water partition coefficient (Wildman–Crippen LogP) is 4.51. The van der Waals surface area contributed by atoms with Gasteiger partial charge in [-0.1, -0.05) is 43.6 Å². The maximum atomic E-state index is 12.2. The Morgan fingerprint density at radius 1 is 1.08 bits per heavy atom. The van der Waals surface area contributed by atoms with Gasteiger partial charge in [-0.2, -0.15) is 0 Å². The van der Waals surface area contributed by atoms with Crippen molar-refractivity contribution in [2.75, 3.05) is 32.2 Å². The van der Waals surface area contributed by atoms with Gasteiger partial charge in [-0.15, -0.1) is 0 Å². The van der Waals surface area contributed by atoms with E-state index in [0.717, 1.165) is 0 Å². The Morgan fingerprint density at radius 2 is 1.81 bits per heavy atom. The second-order valence-electron chi connectivity index (χ2n) is 6.02. The lowest BCUT2D eigenvalue weighted by Gasteiger charge is -2.14. The second kappa shape index (κ2) is 10.0. The fourth-order valence-corrected chi connectivity index (χ4v) is 2.49. The first-order valence-corrected chi connectivity index (χ1v) is 8.82. The van der Waals surface area contributed by atoms with Gasteiger partial charge in [-0.05, 0) is 35.7 Å². The van der Waals surface area contributed by atoms with Gasteiger partial charge < -0.3 is 19.5 Å². The van der Waals surface area contributed by atoms with Gasteiger partial charge in [-0.3, -0.25) is 4.79 Å². The van der Waals surface area contributed by atoms with E-state index in [4.69, 9.17) is 25.8 Å². The molecule has 5 nitrogen and oxygen atoms in total. The van der Waals surface area contributed by atoms with E-state index in [-0.39, 0.29) is 12.5 Å². The molecular weight excluding hydrogens is 354 g/mol. The molecule has 2 aromatic rings. The number of methoxy groups -OCH3 is 1. The molecule has 0 saturated carbocycles. The zero-order chi connectivity index (χ0) is 18.9. The van der Waals surface area contributed by atoms with E-state index in [1.54, 1.807) is 25.3 Å². The molecule has 0 radical (unpaired) electrons. The highest BCUT2D eigenvalue weighted by molar-refractivity contribution is 6.32. The molecule has 0 spiro atoms. The minimum absolute atomic E-state index is 0.106. The van der Waals surface area contributed by atoms with Crippen molar-refractivity contribution >= 4 is 23.2 Å². The van der Waals surface area contributed by atoms with Gasteiger partial charge in [0.15, 0.2) is 12.4 Å². The number of amides is 1. The molecule has 0 bridgehead atoms. The summed E-state index contributed by atoms with van der Waals surface area (Å²) in [7, 11) is 1.59. The van der Waals surface area contributed by atoms with Crippen LogP contribution in [0, 0.1) is 0 Å². The zero-order valence-corrected chi connectivity index (χ0v) is 16.0. The topological polar surface area (TPSA) is 56.8 Å². The first-order valence-electron chi connectivity index (χ1n) is 8.44. The third-order valence-electron chi connectivity index (χ3n) is 3.69. The maximum absolute atomic E-state index is 12.2. The number of nitrogens with one attached hydrogen (secondary N) is 1. The van der Waals surface area contributed by atoms with Crippen LogP contribution in [0.1, 0.15) is 25.3 Å². The van der Waals surface area contributed by atoms with Gasteiger partial charge in [0.2, 0.25) is 0 Å². The molecule has 140 valence electrons. The molecule has 0 aliphatic rings. The van der Waals surface area contributed by atoms with Crippen LogP contribution in [0.25, 0.3) is 0 Å². The van der Waals surface area contributed by atoms with E-state index in [2.05, 4.69) is 19.2 Å². The van der Waals surface area contributed by atoms with E-state index in [9.17, 15) is 4.79 Å². The summed E-state index contributed by atoms with van der Waals surface area (Å²) < 4.78 is 16.1. The number of anilines is 1. The molecular formula is C20H24ClNO4. The number of para-hydroxylation sites is 1. The Balaban J connectivity index is 1.94. The van der Waals surface area contributed by atoms with Gasteiger partial charge in [0.25, 0.3) is 5.91 Å². The molecule has 0 heterocycles. The molecule has 1 amide bonds. The van der Waals surface area contributed by atoms with Gasteiger partial charge in [0.05, 0.1) is 17.3 Å². The van der Waals surface area contributed by atoms with Crippen LogP contribution in [-0.2, 0) is 9.53 Å². The van der Waals surface area contributed by atoms with Crippen molar-refractivity contribution in [2.24, 2.45) is 0 Å². The van der Waals surface area contributed by atoms with Crippen LogP contribution in [0.15, 0.2) is 42.5 Å². The van der Waals surface area contributed by atoms with Crippen LogP contribution in [0.5, 0.6) is 11.5 Å². The smallest absolute Gasteiger partial charge is 0.262 e. The number of halogens is 1. The number of carbonyl (C=O) groups is 1. The Labute approximate surface area is 159 Å². The van der Waals surface area contributed by atoms with Crippen LogP contribution >= 0.6 is 11.6 Å². The van der Waals surface area contributed by atoms with E-state index >= 15 is 0 Å². The number of hydrogen-bond acceptors (Lipinski definition) is 4. The van der Waals surface area contributed by atoms with Crippen molar-refractivity contribution in [3.63, 3.8) is 0 Å². The average Bonchev–Trinajstić information content (AvgIpc) is 2.62. The van der Waals surface area contributed by atoms with Crippen molar-refractivity contribution in [3.8, 4) is 11.5 Å². The molecule has 1 N–H and O–H groups in total. The first-order chi connectivity index (χ1) is 12.5. The van der Waals surface area contributed by atoms with Crippen molar-refractivity contribution in [1.29, 1.82) is 0 Å². The largest absolute Gasteiger partial charge is 0.487 e. The molecule has 2 rings (SSSR count). The fraction of sp³-hybridized carbons (Fsp3) is 0.350. The summed E-state index contributed by atoms with van der Waals surface area (Å²) >= 11 is 6.16. The van der Waals surface area contributed by atoms with Crippen molar-refractivity contribution in [3.05, 3.63) is 53.1 Å². The molecule has 2 aromatic carbocycles. The van der Waals surface area contributed by atoms with Crippen molar-refractivity contribution < 1.29 is 19.0 Å². The van der Waals surface area contributed by atoms with Crippen molar-refractivity contribution in [1.82, 2.24) is 0 Å². The van der Waals surface area contributed by atoms with Crippen LogP contribution in [0.2, 0.25) is 5.02 Å². The first kappa shape index (κ1) is 20.1. The SMILES string of the molecule is COCCOc1c(Cl)cccc1NC(=O)COc1ccc(C(C)C)cc1. The molecule has 0 fully saturated rings. The Hall–Kier alpha value is -2.24. The molecule has 0 unspecified atom stereocenters. The maximum Gasteiger partial charge on any atom is 0.262 e. The van der Waals surface area contributed by atoms with E-state index in [1.165, 1.54) is 5.56 Å². The van der Waals surface area contributed by atoms with Crippen LogP contribution in [0.4, 0.5) is 5.69 Å². The summed E-state index contributed by atoms with van der Waals surface area (Å²) in [4.78, 5) is 12.2. The molecule has 6 heteroatoms. The quantitative estimate of drug-likeness (QED) is 0.653. The number of carbonyl (C=O) groups excluding carboxylic acids is 1. The zero-order valence-electron chi connectivity index (χ0n) is 15.3. The highest BCUT2D eigenvalue weighted by Crippen LogP contribution is 2.32. The summed E-state index contributed by atoms with van der Waals surface area (Å²) in [5.41, 5.74) is 1.72. The van der Waals surface area contributed by atoms with Crippen molar-refractivity contribution in [2.45, 2.75) is 19.8 Å². The molecule has 0 saturated heterocycles. The van der Waals surface area contributed by atoms with Gasteiger partial charge in [0, 0.05) is 7.11 Å². The summed E-state index contributed by atoms with van der Waals surface area (Å²) in [5, 5.41) is 3.18. The second-order valence-corrected chi connectivity index (χ2v) is 6.43. The highest BCUT2D eigenvalue weighted by Gasteiger charge is 2.12. The molecule has 0 atom stereocenters. The third kappa shape index (κ3) is 5.93. The normalized spacial score (nSPS) is 10.7. The van der Waals surface area contributed by atoms with E-state index in [0.29, 0.717) is 41.3 Å². The Morgan fingerprint density at radius 3 is 2.46 bits per heavy atom. The molecule has 26 heavy (non-hydrogen) atoms. The standard InChI is InChI=1S/C20H24ClNO4/c1-14(2)15-7-9-16(10-8-15)26-13-19(23)22-18-6-4-5-17(21)20(18)25-12-11-24-3/h4-10,14H,11-13H2,1-3H3,(H,22,23). The summed E-state index contributed by atoms with van der Waals surface area (Å²) in [5.74, 6) is 1.22. The summed E-state index contributed by atoms with van der Waals surface area (Å²) in [6.07, 6.45) is 0.